The fourth-order valence-electron chi connectivity index (χ4n) is 2.28. The fourth-order valence-corrected chi connectivity index (χ4v) is 2.63. The van der Waals surface area contributed by atoms with E-state index in [9.17, 15) is 0 Å². The van der Waals surface area contributed by atoms with Crippen LogP contribution in [-0.4, -0.2) is 23.3 Å². The van der Waals surface area contributed by atoms with Gasteiger partial charge in [0.25, 0.3) is 0 Å². The Morgan fingerprint density at radius 2 is 2.11 bits per heavy atom. The molecule has 0 radical (unpaired) electrons. The van der Waals surface area contributed by atoms with Crippen molar-refractivity contribution < 1.29 is 4.74 Å². The van der Waals surface area contributed by atoms with Crippen LogP contribution in [0.25, 0.3) is 11.0 Å². The highest BCUT2D eigenvalue weighted by Crippen LogP contribution is 2.28. The second kappa shape index (κ2) is 5.08. The summed E-state index contributed by atoms with van der Waals surface area (Å²) in [6.07, 6.45) is 0. The van der Waals surface area contributed by atoms with E-state index in [1.165, 1.54) is 0 Å². The summed E-state index contributed by atoms with van der Waals surface area (Å²) in [5, 5.41) is 0.693. The van der Waals surface area contributed by atoms with Gasteiger partial charge in [0.2, 0.25) is 0 Å². The lowest BCUT2D eigenvalue weighted by atomic mass is 10.1. The number of fused-ring (bicyclic) bond motifs is 1. The van der Waals surface area contributed by atoms with E-state index in [1.807, 2.05) is 18.2 Å². The van der Waals surface area contributed by atoms with Crippen LogP contribution in [-0.2, 0) is 16.2 Å². The number of alkyl halides is 1. The normalized spacial score (nSPS) is 12.3. The summed E-state index contributed by atoms with van der Waals surface area (Å²) < 4.78 is 7.39. The Hall–Kier alpha value is -0.770. The van der Waals surface area contributed by atoms with E-state index in [0.29, 0.717) is 17.5 Å². The lowest BCUT2D eigenvalue weighted by Gasteiger charge is -2.28. The Bertz CT molecular complexity index is 563. The van der Waals surface area contributed by atoms with Crippen LogP contribution in [0.15, 0.2) is 18.2 Å². The van der Waals surface area contributed by atoms with Crippen molar-refractivity contribution in [2.45, 2.75) is 25.3 Å². The first-order valence-electron chi connectivity index (χ1n) is 5.72. The molecular formula is C13H16Cl2N2O. The number of rotatable bonds is 4. The van der Waals surface area contributed by atoms with Crippen molar-refractivity contribution in [3.05, 3.63) is 29.0 Å². The van der Waals surface area contributed by atoms with Crippen LogP contribution in [0.3, 0.4) is 0 Å². The van der Waals surface area contributed by atoms with Crippen LogP contribution >= 0.6 is 23.2 Å². The van der Waals surface area contributed by atoms with Gasteiger partial charge in [-0.25, -0.2) is 4.98 Å². The molecule has 1 aromatic heterocycles. The monoisotopic (exact) mass is 286 g/mol. The number of aromatic nitrogens is 2. The van der Waals surface area contributed by atoms with Crippen molar-refractivity contribution in [3.63, 3.8) is 0 Å². The number of hydrogen-bond donors (Lipinski definition) is 0. The summed E-state index contributed by atoms with van der Waals surface area (Å²) in [6.45, 7) is 4.76. The number of benzene rings is 1. The van der Waals surface area contributed by atoms with Gasteiger partial charge in [0.05, 0.1) is 29.1 Å². The first-order chi connectivity index (χ1) is 8.49. The largest absolute Gasteiger partial charge is 0.382 e. The van der Waals surface area contributed by atoms with Gasteiger partial charge in [-0.05, 0) is 32.0 Å². The minimum atomic E-state index is -0.224. The Kier molecular flexibility index (Phi) is 3.85. The van der Waals surface area contributed by atoms with Crippen molar-refractivity contribution in [1.82, 2.24) is 9.55 Å². The molecule has 2 rings (SSSR count). The Balaban J connectivity index is 2.69. The van der Waals surface area contributed by atoms with Crippen LogP contribution < -0.4 is 0 Å². The van der Waals surface area contributed by atoms with Crippen molar-refractivity contribution >= 4 is 34.2 Å². The predicted molar refractivity (Wildman–Crippen MR) is 75.5 cm³/mol. The Labute approximate surface area is 117 Å². The molecular weight excluding hydrogens is 271 g/mol. The molecule has 1 heterocycles. The molecule has 2 aromatic rings. The zero-order chi connectivity index (χ0) is 13.3. The smallest absolute Gasteiger partial charge is 0.125 e. The van der Waals surface area contributed by atoms with Crippen molar-refractivity contribution in [2.75, 3.05) is 13.7 Å². The van der Waals surface area contributed by atoms with E-state index in [4.69, 9.17) is 27.9 Å². The van der Waals surface area contributed by atoms with Crippen LogP contribution in [0.1, 0.15) is 19.7 Å². The van der Waals surface area contributed by atoms with Crippen LogP contribution in [0.2, 0.25) is 5.02 Å². The van der Waals surface area contributed by atoms with Gasteiger partial charge in [0, 0.05) is 12.1 Å². The van der Waals surface area contributed by atoms with E-state index in [1.54, 1.807) is 7.11 Å². The standard InChI is InChI=1S/C13H16Cl2N2O/c1-13(2,8-18-3)17-11-6-9(15)4-5-10(11)16-12(17)7-14/h4-6H,7-8H2,1-3H3. The molecule has 18 heavy (non-hydrogen) atoms. The van der Waals surface area contributed by atoms with Gasteiger partial charge in [-0.3, -0.25) is 0 Å². The lowest BCUT2D eigenvalue weighted by molar-refractivity contribution is 0.110. The third-order valence-electron chi connectivity index (χ3n) is 2.91. The molecule has 5 heteroatoms. The quantitative estimate of drug-likeness (QED) is 0.799. The molecule has 3 nitrogen and oxygen atoms in total. The SMILES string of the molecule is COCC(C)(C)n1c(CCl)nc2ccc(Cl)cc21. The van der Waals surface area contributed by atoms with Gasteiger partial charge >= 0.3 is 0 Å². The molecule has 0 aliphatic heterocycles. The molecule has 0 aliphatic carbocycles. The molecule has 0 spiro atoms. The highest BCUT2D eigenvalue weighted by atomic mass is 35.5. The lowest BCUT2D eigenvalue weighted by Crippen LogP contribution is -2.32. The number of ether oxygens (including phenoxy) is 1. The van der Waals surface area contributed by atoms with Crippen LogP contribution in [0, 0.1) is 0 Å². The summed E-state index contributed by atoms with van der Waals surface area (Å²) in [6, 6.07) is 5.66. The number of imidazole rings is 1. The third kappa shape index (κ3) is 2.35. The van der Waals surface area contributed by atoms with Crippen LogP contribution in [0.5, 0.6) is 0 Å². The average Bonchev–Trinajstić information content (AvgIpc) is 2.67. The second-order valence-electron chi connectivity index (χ2n) is 4.88. The number of hydrogen-bond acceptors (Lipinski definition) is 2. The summed E-state index contributed by atoms with van der Waals surface area (Å²) in [7, 11) is 1.69. The van der Waals surface area contributed by atoms with Gasteiger partial charge in [-0.2, -0.15) is 0 Å². The van der Waals surface area contributed by atoms with E-state index in [2.05, 4.69) is 23.4 Å². The molecule has 0 N–H and O–H groups in total. The molecule has 0 unspecified atom stereocenters. The molecule has 0 saturated heterocycles. The van der Waals surface area contributed by atoms with Gasteiger partial charge in [0.1, 0.15) is 5.82 Å². The van der Waals surface area contributed by atoms with Gasteiger partial charge in [0.15, 0.2) is 0 Å². The van der Waals surface area contributed by atoms with Gasteiger partial charge in [-0.1, -0.05) is 11.6 Å². The summed E-state index contributed by atoms with van der Waals surface area (Å²) in [4.78, 5) is 4.54. The molecule has 1 aromatic carbocycles. The first-order valence-corrected chi connectivity index (χ1v) is 6.63. The molecule has 98 valence electrons. The molecule has 0 atom stereocenters. The number of halogens is 2. The molecule has 0 aliphatic rings. The third-order valence-corrected chi connectivity index (χ3v) is 3.38. The summed E-state index contributed by atoms with van der Waals surface area (Å²) in [5.41, 5.74) is 1.66. The fraction of sp³-hybridized carbons (Fsp3) is 0.462. The van der Waals surface area contributed by atoms with Gasteiger partial charge < -0.3 is 9.30 Å². The van der Waals surface area contributed by atoms with E-state index in [-0.39, 0.29) is 5.54 Å². The minimum Gasteiger partial charge on any atom is -0.382 e. The zero-order valence-corrected chi connectivity index (χ0v) is 12.2. The van der Waals surface area contributed by atoms with Gasteiger partial charge in [-0.15, -0.1) is 11.6 Å². The topological polar surface area (TPSA) is 27.1 Å². The summed E-state index contributed by atoms with van der Waals surface area (Å²) in [5.74, 6) is 1.19. The molecule has 0 fully saturated rings. The summed E-state index contributed by atoms with van der Waals surface area (Å²) >= 11 is 12.1. The highest BCUT2D eigenvalue weighted by Gasteiger charge is 2.25. The predicted octanol–water partition coefficient (Wildman–Crippen LogP) is 3.81. The molecule has 0 bridgehead atoms. The van der Waals surface area contributed by atoms with Crippen molar-refractivity contribution in [2.24, 2.45) is 0 Å². The average molecular weight is 287 g/mol. The molecule has 0 saturated carbocycles. The second-order valence-corrected chi connectivity index (χ2v) is 5.58. The highest BCUT2D eigenvalue weighted by molar-refractivity contribution is 6.31. The Morgan fingerprint density at radius 1 is 1.39 bits per heavy atom. The maximum absolute atomic E-state index is 6.06. The Morgan fingerprint density at radius 3 is 2.72 bits per heavy atom. The maximum Gasteiger partial charge on any atom is 0.125 e. The maximum atomic E-state index is 6.06. The van der Waals surface area contributed by atoms with E-state index >= 15 is 0 Å². The first kappa shape index (κ1) is 13.7. The number of methoxy groups -OCH3 is 1. The van der Waals surface area contributed by atoms with Crippen molar-refractivity contribution in [3.8, 4) is 0 Å². The van der Waals surface area contributed by atoms with E-state index in [0.717, 1.165) is 16.9 Å². The molecule has 0 amide bonds. The van der Waals surface area contributed by atoms with Crippen LogP contribution in [0.4, 0.5) is 0 Å². The minimum absolute atomic E-state index is 0.224. The van der Waals surface area contributed by atoms with E-state index < -0.39 is 0 Å². The van der Waals surface area contributed by atoms with Crippen molar-refractivity contribution in [1.29, 1.82) is 0 Å². The zero-order valence-electron chi connectivity index (χ0n) is 10.7. The number of nitrogens with zero attached hydrogens (tertiary/aromatic N) is 2.